The molecule has 1 aliphatic rings. The Morgan fingerprint density at radius 3 is 2.70 bits per heavy atom. The summed E-state index contributed by atoms with van der Waals surface area (Å²) in [6.45, 7) is 2.59. The Labute approximate surface area is 135 Å². The van der Waals surface area contributed by atoms with Gasteiger partial charge in [0.2, 0.25) is 5.78 Å². The van der Waals surface area contributed by atoms with E-state index in [-0.39, 0.29) is 11.5 Å². The van der Waals surface area contributed by atoms with Gasteiger partial charge in [0, 0.05) is 0 Å². The third-order valence-electron chi connectivity index (χ3n) is 3.79. The fourth-order valence-corrected chi connectivity index (χ4v) is 2.73. The first-order chi connectivity index (χ1) is 11.0. The standard InChI is InChI=1S/C19H19NO3/c1-12-5-4-6-13(9-12)10-17-18(22)14-7-8-16(21)15(11-20(2)3)19(14)23-17/h4-10,21H,11H2,1-3H3/p+1/b17-10+. The van der Waals surface area contributed by atoms with E-state index in [4.69, 9.17) is 4.74 Å². The van der Waals surface area contributed by atoms with E-state index in [2.05, 4.69) is 0 Å². The van der Waals surface area contributed by atoms with Crippen molar-refractivity contribution in [1.29, 1.82) is 0 Å². The van der Waals surface area contributed by atoms with Crippen LogP contribution in [-0.2, 0) is 6.54 Å². The van der Waals surface area contributed by atoms with Crippen LogP contribution in [0.4, 0.5) is 0 Å². The molecule has 0 unspecified atom stereocenters. The number of benzene rings is 2. The molecule has 0 saturated heterocycles. The SMILES string of the molecule is Cc1cccc(/C=C2/Oc3c(ccc(O)c3C[NH+](C)C)C2=O)c1. The van der Waals surface area contributed by atoms with Gasteiger partial charge in [-0.1, -0.05) is 29.8 Å². The number of rotatable bonds is 3. The Bertz CT molecular complexity index is 806. The number of Topliss-reactive ketones (excluding diaryl/α,β-unsaturated/α-hetero) is 1. The second-order valence-corrected chi connectivity index (χ2v) is 6.18. The van der Waals surface area contributed by atoms with Gasteiger partial charge in [-0.05, 0) is 30.7 Å². The highest BCUT2D eigenvalue weighted by molar-refractivity contribution is 6.14. The molecular formula is C19H20NO3+. The van der Waals surface area contributed by atoms with E-state index < -0.39 is 0 Å². The van der Waals surface area contributed by atoms with E-state index in [1.807, 2.05) is 45.3 Å². The normalized spacial score (nSPS) is 15.1. The summed E-state index contributed by atoms with van der Waals surface area (Å²) >= 11 is 0. The molecule has 3 rings (SSSR count). The monoisotopic (exact) mass is 310 g/mol. The van der Waals surface area contributed by atoms with Gasteiger partial charge in [0.15, 0.2) is 11.5 Å². The number of ether oxygens (including phenoxy) is 1. The van der Waals surface area contributed by atoms with Crippen molar-refractivity contribution < 1.29 is 19.5 Å². The van der Waals surface area contributed by atoms with Crippen LogP contribution in [0.25, 0.3) is 6.08 Å². The minimum atomic E-state index is -0.142. The smallest absolute Gasteiger partial charge is 0.231 e. The minimum absolute atomic E-state index is 0.142. The fraction of sp³-hybridized carbons (Fsp3) is 0.211. The number of carbonyl (C=O) groups is 1. The minimum Gasteiger partial charge on any atom is -0.507 e. The molecule has 0 atom stereocenters. The zero-order valence-electron chi connectivity index (χ0n) is 13.5. The number of phenolic OH excluding ortho intramolecular Hbond substituents is 1. The predicted molar refractivity (Wildman–Crippen MR) is 88.7 cm³/mol. The number of hydrogen-bond donors (Lipinski definition) is 2. The topological polar surface area (TPSA) is 51.0 Å². The highest BCUT2D eigenvalue weighted by atomic mass is 16.5. The molecule has 4 nitrogen and oxygen atoms in total. The van der Waals surface area contributed by atoms with Crippen LogP contribution in [0.1, 0.15) is 27.0 Å². The van der Waals surface area contributed by atoms with Crippen molar-refractivity contribution in [1.82, 2.24) is 0 Å². The summed E-state index contributed by atoms with van der Waals surface area (Å²) in [5.74, 6) is 0.798. The number of quaternary nitrogens is 1. The van der Waals surface area contributed by atoms with Crippen molar-refractivity contribution in [2.75, 3.05) is 14.1 Å². The number of fused-ring (bicyclic) bond motifs is 1. The Hall–Kier alpha value is -2.59. The predicted octanol–water partition coefficient (Wildman–Crippen LogP) is 1.96. The third kappa shape index (κ3) is 2.98. The van der Waals surface area contributed by atoms with Crippen LogP contribution in [0.5, 0.6) is 11.5 Å². The van der Waals surface area contributed by atoms with Crippen molar-refractivity contribution in [2.45, 2.75) is 13.5 Å². The maximum absolute atomic E-state index is 12.6. The second-order valence-electron chi connectivity index (χ2n) is 6.18. The number of ketones is 1. The number of hydrogen-bond acceptors (Lipinski definition) is 3. The van der Waals surface area contributed by atoms with Gasteiger partial charge in [0.1, 0.15) is 12.3 Å². The maximum atomic E-state index is 12.6. The lowest BCUT2D eigenvalue weighted by atomic mass is 10.0. The van der Waals surface area contributed by atoms with Crippen LogP contribution in [0, 0.1) is 6.92 Å². The maximum Gasteiger partial charge on any atom is 0.231 e. The Balaban J connectivity index is 2.02. The van der Waals surface area contributed by atoms with Crippen LogP contribution in [0.2, 0.25) is 0 Å². The van der Waals surface area contributed by atoms with Crippen LogP contribution in [-0.4, -0.2) is 25.0 Å². The van der Waals surface area contributed by atoms with Gasteiger partial charge in [-0.3, -0.25) is 4.79 Å². The summed E-state index contributed by atoms with van der Waals surface area (Å²) in [6, 6.07) is 11.1. The van der Waals surface area contributed by atoms with Gasteiger partial charge in [0.05, 0.1) is 25.2 Å². The number of phenols is 1. The summed E-state index contributed by atoms with van der Waals surface area (Å²) in [5.41, 5.74) is 3.23. The molecule has 0 saturated carbocycles. The summed E-state index contributed by atoms with van der Waals surface area (Å²) < 4.78 is 5.81. The molecule has 2 aromatic carbocycles. The van der Waals surface area contributed by atoms with Crippen molar-refractivity contribution in [3.63, 3.8) is 0 Å². The number of aromatic hydroxyl groups is 1. The molecule has 0 aliphatic carbocycles. The van der Waals surface area contributed by atoms with E-state index in [1.165, 1.54) is 0 Å². The summed E-state index contributed by atoms with van der Waals surface area (Å²) in [7, 11) is 3.97. The van der Waals surface area contributed by atoms with Gasteiger partial charge in [0.25, 0.3) is 0 Å². The number of carbonyl (C=O) groups excluding carboxylic acids is 1. The van der Waals surface area contributed by atoms with E-state index in [1.54, 1.807) is 18.2 Å². The lowest BCUT2D eigenvalue weighted by molar-refractivity contribution is -0.872. The highest BCUT2D eigenvalue weighted by Crippen LogP contribution is 2.39. The molecule has 0 spiro atoms. The van der Waals surface area contributed by atoms with E-state index in [9.17, 15) is 9.90 Å². The Morgan fingerprint density at radius 1 is 1.22 bits per heavy atom. The molecule has 2 N–H and O–H groups in total. The van der Waals surface area contributed by atoms with Crippen molar-refractivity contribution in [3.8, 4) is 11.5 Å². The van der Waals surface area contributed by atoms with Crippen LogP contribution in [0.3, 0.4) is 0 Å². The zero-order valence-corrected chi connectivity index (χ0v) is 13.5. The van der Waals surface area contributed by atoms with E-state index in [0.717, 1.165) is 16.0 Å². The molecule has 1 heterocycles. The van der Waals surface area contributed by atoms with Gasteiger partial charge < -0.3 is 14.7 Å². The average Bonchev–Trinajstić information content (AvgIpc) is 2.79. The average molecular weight is 310 g/mol. The fourth-order valence-electron chi connectivity index (χ4n) is 2.73. The molecule has 1 aliphatic heterocycles. The molecule has 0 aromatic heterocycles. The molecule has 0 fully saturated rings. The van der Waals surface area contributed by atoms with Crippen molar-refractivity contribution in [3.05, 3.63) is 64.4 Å². The zero-order chi connectivity index (χ0) is 16.6. The third-order valence-corrected chi connectivity index (χ3v) is 3.79. The summed E-state index contributed by atoms with van der Waals surface area (Å²) in [4.78, 5) is 13.7. The van der Waals surface area contributed by atoms with Gasteiger partial charge >= 0.3 is 0 Å². The first kappa shape index (κ1) is 15.3. The Kier molecular flexibility index (Phi) is 3.92. The number of allylic oxidation sites excluding steroid dienone is 1. The summed E-state index contributed by atoms with van der Waals surface area (Å²) in [6.07, 6.45) is 1.75. The number of aryl methyl sites for hydroxylation is 1. The second kappa shape index (κ2) is 5.89. The quantitative estimate of drug-likeness (QED) is 0.852. The molecule has 23 heavy (non-hydrogen) atoms. The lowest BCUT2D eigenvalue weighted by Gasteiger charge is -2.12. The van der Waals surface area contributed by atoms with Gasteiger partial charge in [-0.15, -0.1) is 0 Å². The summed E-state index contributed by atoms with van der Waals surface area (Å²) in [5, 5.41) is 10.1. The van der Waals surface area contributed by atoms with Crippen LogP contribution < -0.4 is 9.64 Å². The van der Waals surface area contributed by atoms with Gasteiger partial charge in [-0.2, -0.15) is 0 Å². The first-order valence-electron chi connectivity index (χ1n) is 7.60. The van der Waals surface area contributed by atoms with Crippen LogP contribution in [0.15, 0.2) is 42.2 Å². The lowest BCUT2D eigenvalue weighted by Crippen LogP contribution is -3.04. The Morgan fingerprint density at radius 2 is 2.00 bits per heavy atom. The molecule has 4 heteroatoms. The van der Waals surface area contributed by atoms with E-state index in [0.29, 0.717) is 29.2 Å². The molecule has 0 bridgehead atoms. The molecular weight excluding hydrogens is 290 g/mol. The van der Waals surface area contributed by atoms with Crippen molar-refractivity contribution >= 4 is 11.9 Å². The van der Waals surface area contributed by atoms with Gasteiger partial charge in [-0.25, -0.2) is 0 Å². The van der Waals surface area contributed by atoms with E-state index >= 15 is 0 Å². The number of nitrogens with one attached hydrogen (secondary N) is 1. The van der Waals surface area contributed by atoms with Crippen molar-refractivity contribution in [2.24, 2.45) is 0 Å². The first-order valence-corrected chi connectivity index (χ1v) is 7.60. The molecule has 2 aromatic rings. The molecule has 118 valence electrons. The highest BCUT2D eigenvalue weighted by Gasteiger charge is 2.31. The van der Waals surface area contributed by atoms with Crippen LogP contribution >= 0.6 is 0 Å². The molecule has 0 amide bonds. The largest absolute Gasteiger partial charge is 0.507 e. The molecule has 0 radical (unpaired) electrons.